The Morgan fingerprint density at radius 1 is 1.09 bits per heavy atom. The molecule has 0 saturated carbocycles. The Bertz CT molecular complexity index is 616. The molecule has 0 saturated heterocycles. The lowest BCUT2D eigenvalue weighted by Gasteiger charge is -2.30. The van der Waals surface area contributed by atoms with Gasteiger partial charge in [0.15, 0.2) is 5.60 Å². The number of primary amides is 1. The highest BCUT2D eigenvalue weighted by atomic mass is 16.3. The SMILES string of the molecule is CN(CCCc1ccccc1)C[C@@](O)(C(N)=O)c1ccccc1. The number of likely N-dealkylation sites (N-methyl/N-ethyl adjacent to an activating group) is 1. The van der Waals surface area contributed by atoms with Gasteiger partial charge in [-0.25, -0.2) is 0 Å². The molecule has 23 heavy (non-hydrogen) atoms. The van der Waals surface area contributed by atoms with Crippen LogP contribution in [0.2, 0.25) is 0 Å². The largest absolute Gasteiger partial charge is 0.374 e. The van der Waals surface area contributed by atoms with Gasteiger partial charge in [-0.2, -0.15) is 0 Å². The molecule has 4 heteroatoms. The maximum Gasteiger partial charge on any atom is 0.255 e. The zero-order valence-electron chi connectivity index (χ0n) is 13.5. The van der Waals surface area contributed by atoms with E-state index in [-0.39, 0.29) is 6.54 Å². The van der Waals surface area contributed by atoms with Crippen LogP contribution in [0.3, 0.4) is 0 Å². The van der Waals surface area contributed by atoms with Gasteiger partial charge in [0.05, 0.1) is 0 Å². The molecule has 0 aliphatic heterocycles. The average Bonchev–Trinajstić information content (AvgIpc) is 2.56. The van der Waals surface area contributed by atoms with Gasteiger partial charge in [-0.3, -0.25) is 4.79 Å². The van der Waals surface area contributed by atoms with E-state index >= 15 is 0 Å². The van der Waals surface area contributed by atoms with E-state index in [2.05, 4.69) is 12.1 Å². The number of aryl methyl sites for hydroxylation is 1. The molecular weight excluding hydrogens is 288 g/mol. The lowest BCUT2D eigenvalue weighted by atomic mass is 9.92. The predicted molar refractivity (Wildman–Crippen MR) is 91.8 cm³/mol. The monoisotopic (exact) mass is 312 g/mol. The van der Waals surface area contributed by atoms with E-state index in [4.69, 9.17) is 5.73 Å². The van der Waals surface area contributed by atoms with Crippen LogP contribution in [0.1, 0.15) is 17.5 Å². The van der Waals surface area contributed by atoms with Crippen molar-refractivity contribution in [1.29, 1.82) is 0 Å². The van der Waals surface area contributed by atoms with Crippen molar-refractivity contribution < 1.29 is 9.90 Å². The summed E-state index contributed by atoms with van der Waals surface area (Å²) in [6.07, 6.45) is 1.91. The first-order chi connectivity index (χ1) is 11.0. The number of nitrogens with two attached hydrogens (primary N) is 1. The number of amides is 1. The van der Waals surface area contributed by atoms with Crippen LogP contribution >= 0.6 is 0 Å². The molecule has 122 valence electrons. The summed E-state index contributed by atoms with van der Waals surface area (Å²) in [5.74, 6) is -0.724. The molecule has 0 aliphatic rings. The highest BCUT2D eigenvalue weighted by molar-refractivity contribution is 5.85. The maximum absolute atomic E-state index is 11.8. The quantitative estimate of drug-likeness (QED) is 0.782. The minimum absolute atomic E-state index is 0.182. The fraction of sp³-hybridized carbons (Fsp3) is 0.316. The van der Waals surface area contributed by atoms with Gasteiger partial charge in [-0.05, 0) is 37.6 Å². The second kappa shape index (κ2) is 7.90. The summed E-state index contributed by atoms with van der Waals surface area (Å²) in [5, 5.41) is 10.7. The van der Waals surface area contributed by atoms with Crippen LogP contribution in [-0.4, -0.2) is 36.1 Å². The molecule has 3 N–H and O–H groups in total. The molecule has 1 atom stereocenters. The molecular formula is C19H24N2O2. The summed E-state index contributed by atoms with van der Waals surface area (Å²) >= 11 is 0. The predicted octanol–water partition coefficient (Wildman–Crippen LogP) is 1.92. The average molecular weight is 312 g/mol. The Labute approximate surface area is 137 Å². The van der Waals surface area contributed by atoms with Gasteiger partial charge in [0, 0.05) is 6.54 Å². The van der Waals surface area contributed by atoms with Crippen molar-refractivity contribution in [3.8, 4) is 0 Å². The number of nitrogens with zero attached hydrogens (tertiary/aromatic N) is 1. The molecule has 0 unspecified atom stereocenters. The second-order valence-electron chi connectivity index (χ2n) is 5.92. The molecule has 2 aromatic rings. The molecule has 1 amide bonds. The lowest BCUT2D eigenvalue weighted by Crippen LogP contribution is -2.49. The Hall–Kier alpha value is -2.17. The van der Waals surface area contributed by atoms with Crippen molar-refractivity contribution in [3.63, 3.8) is 0 Å². The lowest BCUT2D eigenvalue weighted by molar-refractivity contribution is -0.139. The van der Waals surface area contributed by atoms with E-state index in [9.17, 15) is 9.90 Å². The first kappa shape index (κ1) is 17.2. The number of hydrogen-bond acceptors (Lipinski definition) is 3. The van der Waals surface area contributed by atoms with Crippen LogP contribution in [0.15, 0.2) is 60.7 Å². The smallest absolute Gasteiger partial charge is 0.255 e. The first-order valence-corrected chi connectivity index (χ1v) is 7.82. The molecule has 4 nitrogen and oxygen atoms in total. The summed E-state index contributed by atoms with van der Waals surface area (Å²) < 4.78 is 0. The minimum atomic E-state index is -1.66. The maximum atomic E-state index is 11.8. The van der Waals surface area contributed by atoms with Crippen molar-refractivity contribution >= 4 is 5.91 Å². The van der Waals surface area contributed by atoms with Gasteiger partial charge in [-0.15, -0.1) is 0 Å². The molecule has 0 spiro atoms. The Balaban J connectivity index is 1.93. The summed E-state index contributed by atoms with van der Waals surface area (Å²) in [6, 6.07) is 19.1. The Morgan fingerprint density at radius 2 is 1.65 bits per heavy atom. The van der Waals surface area contributed by atoms with Crippen LogP contribution in [0, 0.1) is 0 Å². The summed E-state index contributed by atoms with van der Waals surface area (Å²) in [4.78, 5) is 13.7. The Morgan fingerprint density at radius 3 is 2.22 bits per heavy atom. The van der Waals surface area contributed by atoms with Gasteiger partial charge < -0.3 is 15.7 Å². The number of aliphatic hydroxyl groups is 1. The standard InChI is InChI=1S/C19H24N2O2/c1-21(14-8-11-16-9-4-2-5-10-16)15-19(23,18(20)22)17-12-6-3-7-13-17/h2-7,9-10,12-13,23H,8,11,14-15H2,1H3,(H2,20,22)/t19-/m0/s1. The van der Waals surface area contributed by atoms with Crippen LogP contribution in [0.25, 0.3) is 0 Å². The molecule has 0 bridgehead atoms. The van der Waals surface area contributed by atoms with E-state index in [1.807, 2.05) is 36.2 Å². The van der Waals surface area contributed by atoms with E-state index < -0.39 is 11.5 Å². The number of rotatable bonds is 8. The van der Waals surface area contributed by atoms with Gasteiger partial charge in [0.2, 0.25) is 0 Å². The second-order valence-corrected chi connectivity index (χ2v) is 5.92. The highest BCUT2D eigenvalue weighted by Crippen LogP contribution is 2.22. The van der Waals surface area contributed by atoms with Crippen LogP contribution < -0.4 is 5.73 Å². The van der Waals surface area contributed by atoms with Gasteiger partial charge in [0.1, 0.15) is 0 Å². The molecule has 2 aromatic carbocycles. The summed E-state index contributed by atoms with van der Waals surface area (Å²) in [6.45, 7) is 0.957. The van der Waals surface area contributed by atoms with Crippen molar-refractivity contribution in [2.24, 2.45) is 5.73 Å². The van der Waals surface area contributed by atoms with Crippen molar-refractivity contribution in [1.82, 2.24) is 4.90 Å². The van der Waals surface area contributed by atoms with Gasteiger partial charge >= 0.3 is 0 Å². The zero-order chi connectivity index (χ0) is 16.7. The normalized spacial score (nSPS) is 13.7. The van der Waals surface area contributed by atoms with E-state index in [1.165, 1.54) is 5.56 Å². The third-order valence-electron chi connectivity index (χ3n) is 4.01. The van der Waals surface area contributed by atoms with Crippen molar-refractivity contribution in [2.75, 3.05) is 20.1 Å². The van der Waals surface area contributed by atoms with E-state index in [1.54, 1.807) is 24.3 Å². The summed E-state index contributed by atoms with van der Waals surface area (Å²) in [5.41, 5.74) is 5.61. The minimum Gasteiger partial charge on any atom is -0.374 e. The number of hydrogen-bond donors (Lipinski definition) is 2. The molecule has 2 rings (SSSR count). The van der Waals surface area contributed by atoms with Crippen LogP contribution in [0.4, 0.5) is 0 Å². The number of carbonyl (C=O) groups is 1. The Kier molecular flexibility index (Phi) is 5.90. The van der Waals surface area contributed by atoms with Crippen molar-refractivity contribution in [3.05, 3.63) is 71.8 Å². The van der Waals surface area contributed by atoms with E-state index in [0.717, 1.165) is 19.4 Å². The molecule has 0 aromatic heterocycles. The molecule has 0 heterocycles. The van der Waals surface area contributed by atoms with Crippen LogP contribution in [0.5, 0.6) is 0 Å². The number of benzene rings is 2. The molecule has 0 fully saturated rings. The zero-order valence-corrected chi connectivity index (χ0v) is 13.5. The highest BCUT2D eigenvalue weighted by Gasteiger charge is 2.36. The molecule has 0 radical (unpaired) electrons. The fourth-order valence-corrected chi connectivity index (χ4v) is 2.69. The van der Waals surface area contributed by atoms with Gasteiger partial charge in [-0.1, -0.05) is 60.7 Å². The topological polar surface area (TPSA) is 66.6 Å². The fourth-order valence-electron chi connectivity index (χ4n) is 2.69. The third-order valence-corrected chi connectivity index (χ3v) is 4.01. The summed E-state index contributed by atoms with van der Waals surface area (Å²) in [7, 11) is 1.89. The van der Waals surface area contributed by atoms with Gasteiger partial charge in [0.25, 0.3) is 5.91 Å². The van der Waals surface area contributed by atoms with Crippen LogP contribution in [-0.2, 0) is 16.8 Å². The van der Waals surface area contributed by atoms with Crippen molar-refractivity contribution in [2.45, 2.75) is 18.4 Å². The molecule has 0 aliphatic carbocycles. The number of carbonyl (C=O) groups excluding carboxylic acids is 1. The first-order valence-electron chi connectivity index (χ1n) is 7.82. The third kappa shape index (κ3) is 4.65. The van der Waals surface area contributed by atoms with E-state index in [0.29, 0.717) is 5.56 Å².